The first kappa shape index (κ1) is 44.5. The van der Waals surface area contributed by atoms with Gasteiger partial charge in [-0.25, -0.2) is 9.59 Å². The van der Waals surface area contributed by atoms with Crippen LogP contribution in [0.4, 0.5) is 5.69 Å². The highest BCUT2D eigenvalue weighted by molar-refractivity contribution is 14.1. The van der Waals surface area contributed by atoms with E-state index in [1.54, 1.807) is 0 Å². The summed E-state index contributed by atoms with van der Waals surface area (Å²) in [5.74, 6) is 0.687. The number of anilines is 1. The predicted molar refractivity (Wildman–Crippen MR) is 252 cm³/mol. The Morgan fingerprint density at radius 2 is 1.05 bits per heavy atom. The Kier molecular flexibility index (Phi) is 15.5. The summed E-state index contributed by atoms with van der Waals surface area (Å²) in [6.45, 7) is 12.8. The molecule has 312 valence electrons. The van der Waals surface area contributed by atoms with Crippen LogP contribution in [0.2, 0.25) is 10.0 Å². The third-order valence-electron chi connectivity index (χ3n) is 12.2. The van der Waals surface area contributed by atoms with Crippen molar-refractivity contribution in [1.82, 2.24) is 14.5 Å². The molecule has 0 saturated carbocycles. The minimum Gasteiger partial charge on any atom is -0.465 e. The molecule has 0 spiro atoms. The van der Waals surface area contributed by atoms with E-state index in [0.717, 1.165) is 82.3 Å². The topological polar surface area (TPSA) is 77.7 Å². The lowest BCUT2D eigenvalue weighted by Crippen LogP contribution is -2.36. The highest BCUT2D eigenvalue weighted by Gasteiger charge is 2.30. The number of esters is 2. The average molecular weight is 950 g/mol. The van der Waals surface area contributed by atoms with E-state index in [9.17, 15) is 9.59 Å². The van der Waals surface area contributed by atoms with E-state index in [4.69, 9.17) is 32.7 Å². The molecule has 8 rings (SSSR count). The number of benzene rings is 4. The van der Waals surface area contributed by atoms with Gasteiger partial charge in [-0.05, 0) is 162 Å². The van der Waals surface area contributed by atoms with Crippen LogP contribution in [0.15, 0.2) is 97.1 Å². The van der Waals surface area contributed by atoms with Gasteiger partial charge in [-0.3, -0.25) is 0 Å². The fourth-order valence-electron chi connectivity index (χ4n) is 9.02. The molecule has 0 amide bonds. The Bertz CT molecular complexity index is 2320. The number of carbonyl (C=O) groups is 2. The minimum absolute atomic E-state index is 0.245. The maximum Gasteiger partial charge on any atom is 0.340 e. The quantitative estimate of drug-likeness (QED) is 0.127. The van der Waals surface area contributed by atoms with E-state index >= 15 is 0 Å². The number of halogens is 3. The zero-order chi connectivity index (χ0) is 42.2. The van der Waals surface area contributed by atoms with E-state index < -0.39 is 0 Å². The van der Waals surface area contributed by atoms with Gasteiger partial charge in [0, 0.05) is 77.7 Å². The number of hydrogen-bond acceptors (Lipinski definition) is 6. The van der Waals surface area contributed by atoms with Crippen LogP contribution in [0.1, 0.15) is 83.7 Å². The number of carbonyl (C=O) groups excluding carboxylic acids is 2. The fourth-order valence-corrected chi connectivity index (χ4v) is 9.63. The molecule has 2 fully saturated rings. The second-order valence-electron chi connectivity index (χ2n) is 15.5. The van der Waals surface area contributed by atoms with Crippen LogP contribution in [0.5, 0.6) is 0 Å². The Balaban J connectivity index is 0.000000171. The van der Waals surface area contributed by atoms with Crippen molar-refractivity contribution in [2.45, 2.75) is 65.5 Å². The number of nitrogens with one attached hydrogen (secondary N) is 1. The molecule has 11 heteroatoms. The van der Waals surface area contributed by atoms with Crippen molar-refractivity contribution in [2.24, 2.45) is 11.8 Å². The Labute approximate surface area is 372 Å². The predicted octanol–water partition coefficient (Wildman–Crippen LogP) is 12.1. The van der Waals surface area contributed by atoms with Crippen molar-refractivity contribution in [2.75, 3.05) is 45.3 Å². The van der Waals surface area contributed by atoms with Crippen LogP contribution in [-0.4, -0.2) is 61.5 Å². The second kappa shape index (κ2) is 20.5. The molecular weight excluding hydrogens is 894 g/mol. The summed E-state index contributed by atoms with van der Waals surface area (Å²) in [7, 11) is 2.90. The summed E-state index contributed by atoms with van der Waals surface area (Å²) in [5, 5.41) is 6.96. The van der Waals surface area contributed by atoms with Gasteiger partial charge in [-0.1, -0.05) is 59.6 Å². The number of methoxy groups -OCH3 is 2. The highest BCUT2D eigenvalue weighted by Crippen LogP contribution is 2.38. The molecule has 8 nitrogen and oxygen atoms in total. The highest BCUT2D eigenvalue weighted by atomic mass is 127. The molecule has 0 radical (unpaired) electrons. The molecule has 2 aromatic heterocycles. The number of fused-ring (bicyclic) bond motifs is 2. The normalized spacial score (nSPS) is 15.8. The van der Waals surface area contributed by atoms with E-state index in [0.29, 0.717) is 35.0 Å². The number of ether oxygens (including phenoxy) is 2. The van der Waals surface area contributed by atoms with Gasteiger partial charge < -0.3 is 28.8 Å². The summed E-state index contributed by atoms with van der Waals surface area (Å²) < 4.78 is 16.0. The zero-order valence-electron chi connectivity index (χ0n) is 34.8. The molecule has 2 aliphatic rings. The van der Waals surface area contributed by atoms with Crippen LogP contribution in [0.3, 0.4) is 0 Å². The molecule has 0 bridgehead atoms. The first-order chi connectivity index (χ1) is 28.4. The number of nitrogens with zero attached hydrogens (tertiary/aromatic N) is 3. The van der Waals surface area contributed by atoms with Crippen molar-refractivity contribution in [3.63, 3.8) is 0 Å². The molecule has 6 aromatic rings. The summed E-state index contributed by atoms with van der Waals surface area (Å²) in [6, 6.07) is 32.8. The van der Waals surface area contributed by atoms with Crippen LogP contribution in [0.25, 0.3) is 21.8 Å². The van der Waals surface area contributed by atoms with Crippen LogP contribution in [-0.2, 0) is 9.47 Å². The maximum atomic E-state index is 12.4. The molecule has 0 aliphatic carbocycles. The number of para-hydroxylation sites is 2. The van der Waals surface area contributed by atoms with Gasteiger partial charge in [-0.2, -0.15) is 0 Å². The summed E-state index contributed by atoms with van der Waals surface area (Å²) in [6.07, 6.45) is 4.59. The molecule has 4 aromatic carbocycles. The third-order valence-corrected chi connectivity index (χ3v) is 13.4. The van der Waals surface area contributed by atoms with Gasteiger partial charge >= 0.3 is 11.9 Å². The van der Waals surface area contributed by atoms with E-state index in [-0.39, 0.29) is 11.9 Å². The lowest BCUT2D eigenvalue weighted by molar-refractivity contribution is 0.0592. The molecule has 2 atom stereocenters. The van der Waals surface area contributed by atoms with Crippen molar-refractivity contribution in [1.29, 1.82) is 0 Å². The molecule has 2 saturated heterocycles. The monoisotopic (exact) mass is 948 g/mol. The summed E-state index contributed by atoms with van der Waals surface area (Å²) >= 11 is 13.9. The van der Waals surface area contributed by atoms with E-state index in [1.807, 2.05) is 86.6 Å². The molecule has 0 unspecified atom stereocenters. The average Bonchev–Trinajstić information content (AvgIpc) is 3.74. The summed E-state index contributed by atoms with van der Waals surface area (Å²) in [4.78, 5) is 27.1. The Morgan fingerprint density at radius 3 is 1.47 bits per heavy atom. The summed E-state index contributed by atoms with van der Waals surface area (Å²) in [5.41, 5.74) is 6.87. The van der Waals surface area contributed by atoms with Crippen molar-refractivity contribution in [3.05, 3.63) is 133 Å². The number of hydrogen-bond donors (Lipinski definition) is 1. The van der Waals surface area contributed by atoms with E-state index in [2.05, 4.69) is 80.1 Å². The maximum absolute atomic E-state index is 12.4. The van der Waals surface area contributed by atoms with Crippen LogP contribution >= 0.6 is 45.8 Å². The molecule has 4 heterocycles. The second-order valence-corrected chi connectivity index (χ2v) is 17.6. The molecule has 2 aliphatic heterocycles. The fraction of sp³-hybridized carbons (Fsp3) is 0.375. The van der Waals surface area contributed by atoms with Crippen molar-refractivity contribution in [3.8, 4) is 0 Å². The smallest absolute Gasteiger partial charge is 0.340 e. The first-order valence-corrected chi connectivity index (χ1v) is 22.3. The SMILES string of the molecule is COC(=O)c1c(C)n([C@H](C)C2CCN(c3ccc(Cl)cc3)CC2)c2ccccc12.COC(=O)c1c(C)n([C@H](C)C2CCNCC2)c2ccccc12.Clc1ccc(I)cc1. The zero-order valence-corrected chi connectivity index (χ0v) is 38.5. The third kappa shape index (κ3) is 10.1. The van der Waals surface area contributed by atoms with Gasteiger partial charge in [0.25, 0.3) is 0 Å². The van der Waals surface area contributed by atoms with E-state index in [1.165, 1.54) is 36.3 Å². The minimum atomic E-state index is -0.262. The van der Waals surface area contributed by atoms with Crippen molar-refractivity contribution < 1.29 is 19.1 Å². The van der Waals surface area contributed by atoms with Gasteiger partial charge in [0.2, 0.25) is 0 Å². The van der Waals surface area contributed by atoms with Gasteiger partial charge in [0.15, 0.2) is 0 Å². The van der Waals surface area contributed by atoms with Crippen molar-refractivity contribution >= 4 is 85.2 Å². The molecular formula is C48H55Cl2IN4O4. The first-order valence-electron chi connectivity index (χ1n) is 20.4. The number of aromatic nitrogens is 2. The largest absolute Gasteiger partial charge is 0.465 e. The molecule has 1 N–H and O–H groups in total. The Hall–Kier alpha value is -4.03. The molecule has 59 heavy (non-hydrogen) atoms. The lowest BCUT2D eigenvalue weighted by atomic mass is 9.89. The Morgan fingerprint density at radius 1 is 0.644 bits per heavy atom. The van der Waals surface area contributed by atoms with Crippen LogP contribution < -0.4 is 10.2 Å². The lowest BCUT2D eigenvalue weighted by Gasteiger charge is -2.37. The van der Waals surface area contributed by atoms with Gasteiger partial charge in [0.05, 0.1) is 25.3 Å². The number of piperidine rings is 2. The van der Waals surface area contributed by atoms with Gasteiger partial charge in [0.1, 0.15) is 0 Å². The van der Waals surface area contributed by atoms with Gasteiger partial charge in [-0.15, -0.1) is 0 Å². The number of rotatable bonds is 7. The van der Waals surface area contributed by atoms with Crippen LogP contribution in [0, 0.1) is 29.3 Å². The standard InChI is InChI=1S/C24H27ClN2O2.C18H24N2O2.C6H4ClI/c1-16(18-12-14-26(15-13-18)20-10-8-19(25)9-11-20)27-17(2)23(24(28)29-3)21-6-4-5-7-22(21)27;1-12(14-8-10-19-11-9-14)20-13(2)17(18(21)22-3)15-6-4-5-7-16(15)20;7-5-1-3-6(8)4-2-5/h4-11,16,18H,12-15H2,1-3H3;4-7,12,14,19H,8-11H2,1-3H3;1-4H/t16-;12-;/m11./s1.